The first kappa shape index (κ1) is 9.41. The molecule has 0 aromatic carbocycles. The van der Waals surface area contributed by atoms with Crippen molar-refractivity contribution in [1.82, 2.24) is 20.2 Å². The number of urea groups is 1. The van der Waals surface area contributed by atoms with Gasteiger partial charge >= 0.3 is 6.03 Å². The van der Waals surface area contributed by atoms with Crippen LogP contribution in [0.4, 0.5) is 4.79 Å². The third kappa shape index (κ3) is 1.07. The predicted octanol–water partition coefficient (Wildman–Crippen LogP) is 0.790. The minimum Gasteiger partial charge on any atom is -0.426 e. The fourth-order valence-electron chi connectivity index (χ4n) is 3.20. The molecular weight excluding hydrogens is 224 g/mol. The molecule has 2 amide bonds. The third-order valence-electron chi connectivity index (χ3n) is 4.34. The summed E-state index contributed by atoms with van der Waals surface area (Å²) in [6.45, 7) is 0.558. The minimum atomic E-state index is -0.345. The molecule has 1 saturated carbocycles. The van der Waals surface area contributed by atoms with Crippen molar-refractivity contribution in [1.29, 1.82) is 0 Å². The van der Waals surface area contributed by atoms with Gasteiger partial charge in [0.1, 0.15) is 6.04 Å². The van der Waals surface area contributed by atoms with Gasteiger partial charge in [-0.2, -0.15) is 0 Å². The van der Waals surface area contributed by atoms with E-state index in [0.29, 0.717) is 12.4 Å². The number of hydroxylamine groups is 2. The SMILES string of the molecule is O=C1N(O)[C@@H]2CN1[C@H](c1nnco1)CC21CC1. The summed E-state index contributed by atoms with van der Waals surface area (Å²) in [5.74, 6) is 0.471. The summed E-state index contributed by atoms with van der Waals surface area (Å²) < 4.78 is 5.21. The second kappa shape index (κ2) is 2.79. The fraction of sp³-hybridized carbons (Fsp3) is 0.700. The van der Waals surface area contributed by atoms with Gasteiger partial charge in [0, 0.05) is 6.54 Å². The highest BCUT2D eigenvalue weighted by atomic mass is 16.5. The number of piperidine rings is 1. The molecule has 1 aromatic heterocycles. The summed E-state index contributed by atoms with van der Waals surface area (Å²) in [4.78, 5) is 13.5. The second-order valence-corrected chi connectivity index (χ2v) is 5.15. The maximum absolute atomic E-state index is 11.9. The van der Waals surface area contributed by atoms with Crippen LogP contribution < -0.4 is 0 Å². The quantitative estimate of drug-likeness (QED) is 0.729. The van der Waals surface area contributed by atoms with Crippen molar-refractivity contribution in [3.05, 3.63) is 12.3 Å². The maximum Gasteiger partial charge on any atom is 0.344 e. The molecular formula is C10H12N4O3. The summed E-state index contributed by atoms with van der Waals surface area (Å²) >= 11 is 0. The summed E-state index contributed by atoms with van der Waals surface area (Å²) in [5.41, 5.74) is 0.0660. The number of fused-ring (bicyclic) bond motifs is 3. The van der Waals surface area contributed by atoms with Gasteiger partial charge in [0.2, 0.25) is 12.3 Å². The summed E-state index contributed by atoms with van der Waals surface area (Å²) in [6.07, 6.45) is 4.20. The van der Waals surface area contributed by atoms with Crippen molar-refractivity contribution < 1.29 is 14.4 Å². The van der Waals surface area contributed by atoms with E-state index in [1.54, 1.807) is 4.90 Å². The lowest BCUT2D eigenvalue weighted by Gasteiger charge is -2.34. The Balaban J connectivity index is 1.76. The number of hydrogen-bond donors (Lipinski definition) is 1. The molecule has 1 spiro atoms. The zero-order valence-corrected chi connectivity index (χ0v) is 9.11. The summed E-state index contributed by atoms with van der Waals surface area (Å²) in [6, 6.07) is -0.586. The Bertz CT molecular complexity index is 470. The van der Waals surface area contributed by atoms with Crippen LogP contribution in [-0.4, -0.2) is 44.0 Å². The zero-order chi connectivity index (χ0) is 11.6. The van der Waals surface area contributed by atoms with E-state index in [2.05, 4.69) is 10.2 Å². The second-order valence-electron chi connectivity index (χ2n) is 5.15. The van der Waals surface area contributed by atoms with Crippen molar-refractivity contribution >= 4 is 6.03 Å². The van der Waals surface area contributed by atoms with Crippen LogP contribution in [0, 0.1) is 5.41 Å². The van der Waals surface area contributed by atoms with Crippen molar-refractivity contribution in [2.24, 2.45) is 5.41 Å². The van der Waals surface area contributed by atoms with Crippen molar-refractivity contribution in [3.8, 4) is 0 Å². The van der Waals surface area contributed by atoms with Crippen LogP contribution in [0.15, 0.2) is 10.8 Å². The molecule has 17 heavy (non-hydrogen) atoms. The van der Waals surface area contributed by atoms with Gasteiger partial charge in [0.15, 0.2) is 0 Å². The van der Waals surface area contributed by atoms with Gasteiger partial charge in [-0.1, -0.05) is 0 Å². The van der Waals surface area contributed by atoms with E-state index in [-0.39, 0.29) is 23.5 Å². The molecule has 1 aromatic rings. The molecule has 2 atom stereocenters. The molecule has 1 N–H and O–H groups in total. The molecule has 2 aliphatic heterocycles. The largest absolute Gasteiger partial charge is 0.426 e. The molecule has 90 valence electrons. The standard InChI is InChI=1S/C10H12N4O3/c15-9-13-4-7(14(9)16)10(1-2-10)3-6(13)8-12-11-5-17-8/h5-7,16H,1-4H2/t6-,7+/m0/s1. The van der Waals surface area contributed by atoms with Gasteiger partial charge in [-0.3, -0.25) is 5.21 Å². The molecule has 3 heterocycles. The monoisotopic (exact) mass is 236 g/mol. The lowest BCUT2D eigenvalue weighted by atomic mass is 9.85. The number of aromatic nitrogens is 2. The van der Waals surface area contributed by atoms with E-state index in [1.165, 1.54) is 6.39 Å². The van der Waals surface area contributed by atoms with E-state index in [4.69, 9.17) is 4.42 Å². The van der Waals surface area contributed by atoms with Crippen LogP contribution in [-0.2, 0) is 0 Å². The van der Waals surface area contributed by atoms with Crippen LogP contribution in [0.1, 0.15) is 31.2 Å². The molecule has 0 radical (unpaired) electrons. The molecule has 4 rings (SSSR count). The molecule has 7 heteroatoms. The number of nitrogens with zero attached hydrogens (tertiary/aromatic N) is 4. The topological polar surface area (TPSA) is 82.7 Å². The van der Waals surface area contributed by atoms with Crippen molar-refractivity contribution in [2.75, 3.05) is 6.54 Å². The first-order chi connectivity index (χ1) is 8.21. The Hall–Kier alpha value is -1.63. The van der Waals surface area contributed by atoms with Crippen molar-refractivity contribution in [2.45, 2.75) is 31.3 Å². The van der Waals surface area contributed by atoms with Gasteiger partial charge in [0.25, 0.3) is 0 Å². The molecule has 0 unspecified atom stereocenters. The Morgan fingerprint density at radius 3 is 3.00 bits per heavy atom. The highest BCUT2D eigenvalue weighted by Gasteiger charge is 2.63. The molecule has 2 bridgehead atoms. The first-order valence-electron chi connectivity index (χ1n) is 5.76. The molecule has 3 aliphatic rings. The fourth-order valence-corrected chi connectivity index (χ4v) is 3.20. The van der Waals surface area contributed by atoms with Crippen LogP contribution in [0.2, 0.25) is 0 Å². The number of hydrogen-bond acceptors (Lipinski definition) is 5. The minimum absolute atomic E-state index is 0.0610. The zero-order valence-electron chi connectivity index (χ0n) is 9.11. The summed E-state index contributed by atoms with van der Waals surface area (Å²) in [5, 5.41) is 18.3. The molecule has 1 aliphatic carbocycles. The Morgan fingerprint density at radius 2 is 2.35 bits per heavy atom. The van der Waals surface area contributed by atoms with Crippen molar-refractivity contribution in [3.63, 3.8) is 0 Å². The Morgan fingerprint density at radius 1 is 1.53 bits per heavy atom. The average Bonchev–Trinajstić information content (AvgIpc) is 2.81. The predicted molar refractivity (Wildman–Crippen MR) is 52.8 cm³/mol. The smallest absolute Gasteiger partial charge is 0.344 e. The van der Waals surface area contributed by atoms with E-state index in [1.807, 2.05) is 0 Å². The maximum atomic E-state index is 11.9. The Labute approximate surface area is 97.0 Å². The number of carbonyl (C=O) groups is 1. The van der Waals surface area contributed by atoms with Gasteiger partial charge in [-0.15, -0.1) is 10.2 Å². The Kier molecular flexibility index (Phi) is 1.54. The highest BCUT2D eigenvalue weighted by molar-refractivity contribution is 5.77. The van der Waals surface area contributed by atoms with Gasteiger partial charge < -0.3 is 9.32 Å². The number of amides is 2. The van der Waals surface area contributed by atoms with Crippen LogP contribution in [0.3, 0.4) is 0 Å². The van der Waals surface area contributed by atoms with Crippen LogP contribution >= 0.6 is 0 Å². The van der Waals surface area contributed by atoms with Gasteiger partial charge in [-0.25, -0.2) is 9.86 Å². The number of carbonyl (C=O) groups excluding carboxylic acids is 1. The molecule has 7 nitrogen and oxygen atoms in total. The van der Waals surface area contributed by atoms with Crippen LogP contribution in [0.5, 0.6) is 0 Å². The lowest BCUT2D eigenvalue weighted by Crippen LogP contribution is -2.41. The van der Waals surface area contributed by atoms with E-state index >= 15 is 0 Å². The first-order valence-corrected chi connectivity index (χ1v) is 5.76. The molecule has 3 fully saturated rings. The highest BCUT2D eigenvalue weighted by Crippen LogP contribution is 2.61. The van der Waals surface area contributed by atoms with Gasteiger partial charge in [-0.05, 0) is 24.7 Å². The van der Waals surface area contributed by atoms with E-state index < -0.39 is 0 Å². The van der Waals surface area contributed by atoms with Crippen LogP contribution in [0.25, 0.3) is 0 Å². The molecule has 2 saturated heterocycles. The normalized spacial score (nSPS) is 33.6. The van der Waals surface area contributed by atoms with E-state index in [0.717, 1.165) is 24.3 Å². The average molecular weight is 236 g/mol. The lowest BCUT2D eigenvalue weighted by molar-refractivity contribution is -0.0783. The van der Waals surface area contributed by atoms with Gasteiger partial charge in [0.05, 0.1) is 6.04 Å². The van der Waals surface area contributed by atoms with E-state index in [9.17, 15) is 10.0 Å². The third-order valence-corrected chi connectivity index (χ3v) is 4.34. The number of rotatable bonds is 1. The summed E-state index contributed by atoms with van der Waals surface area (Å²) in [7, 11) is 0.